The van der Waals surface area contributed by atoms with Crippen molar-refractivity contribution in [1.29, 1.82) is 5.26 Å². The van der Waals surface area contributed by atoms with Crippen LogP contribution in [0, 0.1) is 17.2 Å². The molecule has 74 valence electrons. The van der Waals surface area contributed by atoms with Crippen molar-refractivity contribution < 1.29 is 0 Å². The average molecular weight is 209 g/mol. The van der Waals surface area contributed by atoms with Gasteiger partial charge >= 0.3 is 0 Å². The molecule has 0 radical (unpaired) electrons. The van der Waals surface area contributed by atoms with E-state index in [0.29, 0.717) is 11.5 Å². The summed E-state index contributed by atoms with van der Waals surface area (Å²) < 4.78 is 0. The molecule has 0 aliphatic heterocycles. The van der Waals surface area contributed by atoms with Crippen LogP contribution in [0.5, 0.6) is 0 Å². The van der Waals surface area contributed by atoms with E-state index in [1.165, 1.54) is 25.5 Å². The smallest absolute Gasteiger partial charge is 0.121 e. The average Bonchev–Trinajstić information content (AvgIpc) is 2.01. The van der Waals surface area contributed by atoms with Crippen LogP contribution in [-0.2, 0) is 0 Å². The minimum atomic E-state index is 0.208. The largest absolute Gasteiger partial charge is 0.244 e. The third-order valence-electron chi connectivity index (χ3n) is 2.60. The van der Waals surface area contributed by atoms with Gasteiger partial charge in [-0.15, -0.1) is 0 Å². The number of allylic oxidation sites excluding steroid dienone is 2. The first kappa shape index (κ1) is 11.0. The van der Waals surface area contributed by atoms with Gasteiger partial charge in [-0.05, 0) is 25.7 Å². The van der Waals surface area contributed by atoms with E-state index >= 15 is 0 Å². The summed E-state index contributed by atoms with van der Waals surface area (Å²) in [6, 6.07) is 2.14. The monoisotopic (exact) mass is 208 g/mol. The SMILES string of the molecule is C=C(Cl)/N=C\C(C#N)=C(/C)C1CCC1. The van der Waals surface area contributed by atoms with Crippen LogP contribution < -0.4 is 0 Å². The highest BCUT2D eigenvalue weighted by Gasteiger charge is 2.20. The van der Waals surface area contributed by atoms with E-state index in [0.717, 1.165) is 5.57 Å². The van der Waals surface area contributed by atoms with Crippen LogP contribution in [0.15, 0.2) is 27.9 Å². The van der Waals surface area contributed by atoms with E-state index in [-0.39, 0.29) is 5.16 Å². The predicted molar refractivity (Wildman–Crippen MR) is 59.1 cm³/mol. The summed E-state index contributed by atoms with van der Waals surface area (Å²) in [5.41, 5.74) is 1.75. The van der Waals surface area contributed by atoms with Gasteiger partial charge in [0.2, 0.25) is 0 Å². The summed E-state index contributed by atoms with van der Waals surface area (Å²) in [6.45, 7) is 5.43. The summed E-state index contributed by atoms with van der Waals surface area (Å²) in [6.07, 6.45) is 5.14. The van der Waals surface area contributed by atoms with E-state index in [4.69, 9.17) is 16.9 Å². The molecule has 0 aromatic rings. The summed E-state index contributed by atoms with van der Waals surface area (Å²) >= 11 is 5.49. The Labute approximate surface area is 89.6 Å². The van der Waals surface area contributed by atoms with Gasteiger partial charge in [-0.2, -0.15) is 5.26 Å². The van der Waals surface area contributed by atoms with Crippen molar-refractivity contribution in [3.63, 3.8) is 0 Å². The van der Waals surface area contributed by atoms with E-state index in [9.17, 15) is 0 Å². The molecular formula is C11H13ClN2. The fraction of sp³-hybridized carbons (Fsp3) is 0.455. The predicted octanol–water partition coefficient (Wildman–Crippen LogP) is 3.41. The lowest BCUT2D eigenvalue weighted by Crippen LogP contribution is -2.13. The Morgan fingerprint density at radius 2 is 2.29 bits per heavy atom. The fourth-order valence-corrected chi connectivity index (χ4v) is 1.46. The first-order valence-electron chi connectivity index (χ1n) is 4.64. The van der Waals surface area contributed by atoms with Gasteiger partial charge < -0.3 is 0 Å². The maximum absolute atomic E-state index is 8.91. The lowest BCUT2D eigenvalue weighted by atomic mass is 9.79. The van der Waals surface area contributed by atoms with Crippen molar-refractivity contribution in [3.8, 4) is 6.07 Å². The van der Waals surface area contributed by atoms with Crippen LogP contribution in [0.3, 0.4) is 0 Å². The Hall–Kier alpha value is -1.07. The van der Waals surface area contributed by atoms with E-state index in [1.807, 2.05) is 6.92 Å². The van der Waals surface area contributed by atoms with Crippen LogP contribution in [0.2, 0.25) is 0 Å². The second-order valence-corrected chi connectivity index (χ2v) is 3.91. The molecule has 1 fully saturated rings. The molecule has 1 aliphatic rings. The molecule has 0 aromatic heterocycles. The molecule has 2 nitrogen and oxygen atoms in total. The van der Waals surface area contributed by atoms with E-state index in [1.54, 1.807) is 0 Å². The molecule has 0 saturated heterocycles. The zero-order valence-corrected chi connectivity index (χ0v) is 9.01. The van der Waals surface area contributed by atoms with Crippen molar-refractivity contribution in [2.24, 2.45) is 10.9 Å². The summed E-state index contributed by atoms with van der Waals surface area (Å²) in [4.78, 5) is 3.82. The van der Waals surface area contributed by atoms with Crippen LogP contribution in [-0.4, -0.2) is 6.21 Å². The Bertz CT molecular complexity index is 330. The molecule has 0 heterocycles. The zero-order valence-electron chi connectivity index (χ0n) is 8.26. The maximum Gasteiger partial charge on any atom is 0.121 e. The Balaban J connectivity index is 2.78. The van der Waals surface area contributed by atoms with E-state index < -0.39 is 0 Å². The minimum Gasteiger partial charge on any atom is -0.244 e. The van der Waals surface area contributed by atoms with E-state index in [2.05, 4.69) is 17.6 Å². The normalized spacial score (nSPS) is 18.6. The number of nitrogens with zero attached hydrogens (tertiary/aromatic N) is 2. The van der Waals surface area contributed by atoms with Gasteiger partial charge in [0.1, 0.15) is 11.2 Å². The first-order chi connectivity index (χ1) is 6.65. The van der Waals surface area contributed by atoms with Crippen LogP contribution in [0.1, 0.15) is 26.2 Å². The lowest BCUT2D eigenvalue weighted by molar-refractivity contribution is 0.367. The Kier molecular flexibility index (Phi) is 3.91. The molecule has 0 unspecified atom stereocenters. The number of halogens is 1. The standard InChI is InChI=1S/C11H13ClN2/c1-8(10-4-3-5-10)11(6-13)7-14-9(2)12/h7,10H,2-5H2,1H3/b11-8+,14-7-. The minimum absolute atomic E-state index is 0.208. The molecule has 0 spiro atoms. The topological polar surface area (TPSA) is 36.1 Å². The second kappa shape index (κ2) is 4.97. The van der Waals surface area contributed by atoms with Gasteiger partial charge in [-0.1, -0.05) is 30.2 Å². The maximum atomic E-state index is 8.91. The second-order valence-electron chi connectivity index (χ2n) is 3.47. The third kappa shape index (κ3) is 2.71. The number of rotatable bonds is 3. The van der Waals surface area contributed by atoms with Crippen LogP contribution in [0.4, 0.5) is 0 Å². The number of hydrogen-bond donors (Lipinski definition) is 0. The van der Waals surface area contributed by atoms with Crippen molar-refractivity contribution in [2.75, 3.05) is 0 Å². The quantitative estimate of drug-likeness (QED) is 0.398. The zero-order chi connectivity index (χ0) is 10.6. The van der Waals surface area contributed by atoms with Crippen molar-refractivity contribution in [3.05, 3.63) is 22.9 Å². The molecule has 3 heteroatoms. The van der Waals surface area contributed by atoms with Crippen LogP contribution >= 0.6 is 11.6 Å². The summed E-state index contributed by atoms with van der Waals surface area (Å²) in [5, 5.41) is 9.11. The molecular weight excluding hydrogens is 196 g/mol. The van der Waals surface area contributed by atoms with Crippen molar-refractivity contribution >= 4 is 17.8 Å². The molecule has 0 N–H and O–H groups in total. The fourth-order valence-electron chi connectivity index (χ4n) is 1.41. The molecule has 14 heavy (non-hydrogen) atoms. The number of aliphatic imine (C=N–C) groups is 1. The number of hydrogen-bond acceptors (Lipinski definition) is 2. The summed E-state index contributed by atoms with van der Waals surface area (Å²) in [5.74, 6) is 0.569. The molecule has 0 bridgehead atoms. The molecule has 0 aromatic carbocycles. The van der Waals surface area contributed by atoms with Gasteiger partial charge in [0.25, 0.3) is 0 Å². The van der Waals surface area contributed by atoms with Gasteiger partial charge in [0, 0.05) is 6.21 Å². The number of nitriles is 1. The highest BCUT2D eigenvalue weighted by atomic mass is 35.5. The van der Waals surface area contributed by atoms with Crippen molar-refractivity contribution in [2.45, 2.75) is 26.2 Å². The summed E-state index contributed by atoms with van der Waals surface area (Å²) in [7, 11) is 0. The van der Waals surface area contributed by atoms with Gasteiger partial charge in [-0.25, -0.2) is 4.99 Å². The first-order valence-corrected chi connectivity index (χ1v) is 5.02. The molecule has 1 rings (SSSR count). The Morgan fingerprint density at radius 1 is 1.64 bits per heavy atom. The lowest BCUT2D eigenvalue weighted by Gasteiger charge is -2.26. The molecule has 0 atom stereocenters. The van der Waals surface area contributed by atoms with Gasteiger partial charge in [0.15, 0.2) is 0 Å². The van der Waals surface area contributed by atoms with Gasteiger partial charge in [-0.3, -0.25) is 0 Å². The molecule has 1 saturated carbocycles. The highest BCUT2D eigenvalue weighted by molar-refractivity contribution is 6.29. The van der Waals surface area contributed by atoms with Crippen LogP contribution in [0.25, 0.3) is 0 Å². The molecule has 0 amide bonds. The third-order valence-corrected chi connectivity index (χ3v) is 2.69. The molecule has 1 aliphatic carbocycles. The highest BCUT2D eigenvalue weighted by Crippen LogP contribution is 2.33. The van der Waals surface area contributed by atoms with Gasteiger partial charge in [0.05, 0.1) is 5.57 Å². The van der Waals surface area contributed by atoms with Crippen molar-refractivity contribution in [1.82, 2.24) is 0 Å². The Morgan fingerprint density at radius 3 is 2.64 bits per heavy atom.